The highest BCUT2D eigenvalue weighted by Crippen LogP contribution is 2.35. The number of benzene rings is 1. The molecule has 1 aliphatic heterocycles. The Kier molecular flexibility index (Phi) is 4.57. The van der Waals surface area contributed by atoms with E-state index in [1.54, 1.807) is 11.3 Å². The molecule has 0 saturated heterocycles. The molecule has 0 atom stereocenters. The highest BCUT2D eigenvalue weighted by atomic mass is 32.1. The van der Waals surface area contributed by atoms with Crippen LogP contribution in [0.3, 0.4) is 0 Å². The van der Waals surface area contributed by atoms with E-state index in [0.29, 0.717) is 6.42 Å². The SMILES string of the molecule is O=C(Cc1cccs1)Nc1ccc2c(c1)N(C(=O)C1CCCC1)CC2. The van der Waals surface area contributed by atoms with Crippen LogP contribution in [0, 0.1) is 5.92 Å². The lowest BCUT2D eigenvalue weighted by molar-refractivity contribution is -0.122. The van der Waals surface area contributed by atoms with Gasteiger partial charge < -0.3 is 10.2 Å². The number of hydrogen-bond donors (Lipinski definition) is 1. The molecule has 4 rings (SSSR count). The van der Waals surface area contributed by atoms with Crippen LogP contribution in [-0.4, -0.2) is 18.4 Å². The van der Waals surface area contributed by atoms with E-state index in [2.05, 4.69) is 5.32 Å². The van der Waals surface area contributed by atoms with Gasteiger partial charge in [-0.3, -0.25) is 9.59 Å². The molecule has 1 fully saturated rings. The van der Waals surface area contributed by atoms with Crippen molar-refractivity contribution in [3.63, 3.8) is 0 Å². The van der Waals surface area contributed by atoms with Crippen LogP contribution < -0.4 is 10.2 Å². The molecule has 0 spiro atoms. The molecular formula is C20H22N2O2S. The molecule has 5 heteroatoms. The summed E-state index contributed by atoms with van der Waals surface area (Å²) in [6, 6.07) is 9.86. The molecular weight excluding hydrogens is 332 g/mol. The highest BCUT2D eigenvalue weighted by molar-refractivity contribution is 7.10. The predicted molar refractivity (Wildman–Crippen MR) is 101 cm³/mol. The second-order valence-electron chi connectivity index (χ2n) is 6.87. The number of fused-ring (bicyclic) bond motifs is 1. The molecule has 4 nitrogen and oxygen atoms in total. The zero-order valence-corrected chi connectivity index (χ0v) is 15.0. The van der Waals surface area contributed by atoms with Crippen LogP contribution in [0.25, 0.3) is 0 Å². The molecule has 0 unspecified atom stereocenters. The van der Waals surface area contributed by atoms with Crippen LogP contribution in [0.2, 0.25) is 0 Å². The minimum atomic E-state index is -0.0194. The number of rotatable bonds is 4. The summed E-state index contributed by atoms with van der Waals surface area (Å²) in [5.41, 5.74) is 2.94. The lowest BCUT2D eigenvalue weighted by Gasteiger charge is -2.21. The van der Waals surface area contributed by atoms with Crippen molar-refractivity contribution in [2.24, 2.45) is 5.92 Å². The van der Waals surface area contributed by atoms with E-state index in [1.807, 2.05) is 40.6 Å². The Morgan fingerprint density at radius 3 is 2.80 bits per heavy atom. The van der Waals surface area contributed by atoms with Crippen LogP contribution in [0.15, 0.2) is 35.7 Å². The summed E-state index contributed by atoms with van der Waals surface area (Å²) >= 11 is 1.59. The molecule has 1 aliphatic carbocycles. The Labute approximate surface area is 151 Å². The normalized spacial score (nSPS) is 16.9. The first-order valence-electron chi connectivity index (χ1n) is 8.97. The maximum absolute atomic E-state index is 12.8. The summed E-state index contributed by atoms with van der Waals surface area (Å²) in [4.78, 5) is 28.0. The number of carbonyl (C=O) groups is 2. The van der Waals surface area contributed by atoms with E-state index in [-0.39, 0.29) is 17.7 Å². The van der Waals surface area contributed by atoms with Crippen molar-refractivity contribution >= 4 is 34.5 Å². The van der Waals surface area contributed by atoms with Crippen LogP contribution in [0.1, 0.15) is 36.1 Å². The predicted octanol–water partition coefficient (Wildman–Crippen LogP) is 4.01. The summed E-state index contributed by atoms with van der Waals surface area (Å²) in [6.45, 7) is 0.761. The third-order valence-electron chi connectivity index (χ3n) is 5.15. The van der Waals surface area contributed by atoms with Gasteiger partial charge in [-0.15, -0.1) is 11.3 Å². The van der Waals surface area contributed by atoms with Gasteiger partial charge in [0.25, 0.3) is 0 Å². The van der Waals surface area contributed by atoms with E-state index in [9.17, 15) is 9.59 Å². The number of anilines is 2. The van der Waals surface area contributed by atoms with Gasteiger partial charge >= 0.3 is 0 Å². The van der Waals surface area contributed by atoms with E-state index >= 15 is 0 Å². The van der Waals surface area contributed by atoms with Crippen molar-refractivity contribution in [1.29, 1.82) is 0 Å². The van der Waals surface area contributed by atoms with Crippen molar-refractivity contribution in [1.82, 2.24) is 0 Å². The Hall–Kier alpha value is -2.14. The fraction of sp³-hybridized carbons (Fsp3) is 0.400. The first-order chi connectivity index (χ1) is 12.2. The standard InChI is InChI=1S/C20H22N2O2S/c23-19(13-17-6-3-11-25-17)21-16-8-7-14-9-10-22(18(14)12-16)20(24)15-4-1-2-5-15/h3,6-8,11-12,15H,1-2,4-5,9-10,13H2,(H,21,23). The molecule has 2 aromatic rings. The van der Waals surface area contributed by atoms with Gasteiger partial charge in [-0.2, -0.15) is 0 Å². The average molecular weight is 354 g/mol. The van der Waals surface area contributed by atoms with Crippen molar-refractivity contribution in [2.75, 3.05) is 16.8 Å². The number of carbonyl (C=O) groups excluding carboxylic acids is 2. The summed E-state index contributed by atoms with van der Waals surface area (Å²) < 4.78 is 0. The summed E-state index contributed by atoms with van der Waals surface area (Å²) in [6.07, 6.45) is 5.65. The van der Waals surface area contributed by atoms with Crippen LogP contribution >= 0.6 is 11.3 Å². The maximum Gasteiger partial charge on any atom is 0.230 e. The van der Waals surface area contributed by atoms with Gasteiger partial charge in [-0.1, -0.05) is 25.0 Å². The Balaban J connectivity index is 1.48. The van der Waals surface area contributed by atoms with Crippen molar-refractivity contribution in [3.8, 4) is 0 Å². The topological polar surface area (TPSA) is 49.4 Å². The quantitative estimate of drug-likeness (QED) is 0.902. The number of thiophene rings is 1. The Morgan fingerprint density at radius 1 is 1.20 bits per heavy atom. The second kappa shape index (κ2) is 7.00. The molecule has 1 saturated carbocycles. The minimum Gasteiger partial charge on any atom is -0.326 e. The average Bonchev–Trinajstić information content (AvgIpc) is 3.35. The van der Waals surface area contributed by atoms with Crippen molar-refractivity contribution < 1.29 is 9.59 Å². The number of amides is 2. The highest BCUT2D eigenvalue weighted by Gasteiger charge is 2.31. The molecule has 2 heterocycles. The first kappa shape index (κ1) is 16.3. The van der Waals surface area contributed by atoms with E-state index in [1.165, 1.54) is 5.56 Å². The zero-order chi connectivity index (χ0) is 17.2. The lowest BCUT2D eigenvalue weighted by Crippen LogP contribution is -2.33. The summed E-state index contributed by atoms with van der Waals surface area (Å²) in [7, 11) is 0. The fourth-order valence-corrected chi connectivity index (χ4v) is 4.56. The molecule has 0 bridgehead atoms. The molecule has 25 heavy (non-hydrogen) atoms. The smallest absolute Gasteiger partial charge is 0.230 e. The third-order valence-corrected chi connectivity index (χ3v) is 6.03. The second-order valence-corrected chi connectivity index (χ2v) is 7.90. The van der Waals surface area contributed by atoms with Gasteiger partial charge in [0.05, 0.1) is 6.42 Å². The first-order valence-corrected chi connectivity index (χ1v) is 9.85. The number of hydrogen-bond acceptors (Lipinski definition) is 3. The van der Waals surface area contributed by atoms with Gasteiger partial charge in [0.2, 0.25) is 11.8 Å². The van der Waals surface area contributed by atoms with Gasteiger partial charge in [-0.05, 0) is 48.4 Å². The van der Waals surface area contributed by atoms with Crippen molar-refractivity contribution in [2.45, 2.75) is 38.5 Å². The summed E-state index contributed by atoms with van der Waals surface area (Å²) in [5, 5.41) is 4.95. The molecule has 1 aromatic carbocycles. The minimum absolute atomic E-state index is 0.0194. The summed E-state index contributed by atoms with van der Waals surface area (Å²) in [5.74, 6) is 0.426. The van der Waals surface area contributed by atoms with Crippen LogP contribution in [-0.2, 0) is 22.4 Å². The maximum atomic E-state index is 12.8. The van der Waals surface area contributed by atoms with Crippen LogP contribution in [0.4, 0.5) is 11.4 Å². The largest absolute Gasteiger partial charge is 0.326 e. The number of nitrogens with one attached hydrogen (secondary N) is 1. The molecule has 0 radical (unpaired) electrons. The van der Waals surface area contributed by atoms with Gasteiger partial charge in [0.15, 0.2) is 0 Å². The van der Waals surface area contributed by atoms with Gasteiger partial charge in [0, 0.05) is 28.7 Å². The third kappa shape index (κ3) is 3.47. The molecule has 2 aliphatic rings. The molecule has 2 amide bonds. The Bertz CT molecular complexity index is 779. The van der Waals surface area contributed by atoms with E-state index in [0.717, 1.165) is 54.9 Å². The van der Waals surface area contributed by atoms with E-state index in [4.69, 9.17) is 0 Å². The number of nitrogens with zero attached hydrogens (tertiary/aromatic N) is 1. The molecule has 1 N–H and O–H groups in total. The zero-order valence-electron chi connectivity index (χ0n) is 14.2. The van der Waals surface area contributed by atoms with Gasteiger partial charge in [-0.25, -0.2) is 0 Å². The Morgan fingerprint density at radius 2 is 2.04 bits per heavy atom. The molecule has 1 aromatic heterocycles. The lowest BCUT2D eigenvalue weighted by atomic mass is 10.1. The molecule has 130 valence electrons. The van der Waals surface area contributed by atoms with E-state index < -0.39 is 0 Å². The fourth-order valence-electron chi connectivity index (χ4n) is 3.86. The van der Waals surface area contributed by atoms with Gasteiger partial charge in [0.1, 0.15) is 0 Å². The van der Waals surface area contributed by atoms with Crippen molar-refractivity contribution in [3.05, 3.63) is 46.2 Å². The van der Waals surface area contributed by atoms with Crippen LogP contribution in [0.5, 0.6) is 0 Å². The monoisotopic (exact) mass is 354 g/mol.